The molecule has 0 radical (unpaired) electrons. The molecular weight excluding hydrogens is 256 g/mol. The van der Waals surface area contributed by atoms with Crippen molar-refractivity contribution in [1.82, 2.24) is 4.90 Å². The van der Waals surface area contributed by atoms with Gasteiger partial charge in [-0.05, 0) is 43.2 Å². The number of fused-ring (bicyclic) bond motifs is 1. The number of amides is 1. The summed E-state index contributed by atoms with van der Waals surface area (Å²) >= 11 is 1.81. The van der Waals surface area contributed by atoms with Crippen molar-refractivity contribution in [2.24, 2.45) is 11.7 Å². The number of nitrogens with zero attached hydrogens (tertiary/aromatic N) is 1. The zero-order valence-corrected chi connectivity index (χ0v) is 12.7. The molecule has 0 saturated carbocycles. The molecule has 0 aromatic carbocycles. The third-order valence-corrected chi connectivity index (χ3v) is 4.86. The summed E-state index contributed by atoms with van der Waals surface area (Å²) in [5.74, 6) is 0.431. The molecule has 0 aliphatic carbocycles. The van der Waals surface area contributed by atoms with E-state index in [1.165, 1.54) is 10.4 Å². The Morgan fingerprint density at radius 3 is 3.00 bits per heavy atom. The third-order valence-electron chi connectivity index (χ3n) is 3.84. The minimum Gasteiger partial charge on any atom is -0.338 e. The number of carbonyl (C=O) groups excluding carboxylic acids is 1. The highest BCUT2D eigenvalue weighted by Gasteiger charge is 2.24. The molecule has 3 nitrogen and oxygen atoms in total. The molecule has 1 aliphatic rings. The van der Waals surface area contributed by atoms with Crippen LogP contribution in [0.5, 0.6) is 0 Å². The maximum Gasteiger partial charge on any atom is 0.225 e. The Morgan fingerprint density at radius 1 is 1.47 bits per heavy atom. The standard InChI is InChI=1S/C15H24N2OS/c1-11(4-3-5-12(2)16)15(18)17-8-6-14-13(10-17)7-9-19-14/h7,9,11-12H,3-6,8,10,16H2,1-2H3. The second kappa shape index (κ2) is 6.53. The molecule has 2 heterocycles. The van der Waals surface area contributed by atoms with Gasteiger partial charge in [0, 0.05) is 29.9 Å². The predicted octanol–water partition coefficient (Wildman–Crippen LogP) is 2.79. The van der Waals surface area contributed by atoms with E-state index in [1.54, 1.807) is 0 Å². The number of thiophene rings is 1. The van der Waals surface area contributed by atoms with Gasteiger partial charge in [-0.25, -0.2) is 0 Å². The zero-order chi connectivity index (χ0) is 13.8. The highest BCUT2D eigenvalue weighted by atomic mass is 32.1. The quantitative estimate of drug-likeness (QED) is 0.901. The van der Waals surface area contributed by atoms with Gasteiger partial charge in [-0.2, -0.15) is 0 Å². The van der Waals surface area contributed by atoms with E-state index in [0.29, 0.717) is 5.91 Å². The fourth-order valence-electron chi connectivity index (χ4n) is 2.62. The molecule has 106 valence electrons. The Balaban J connectivity index is 1.83. The lowest BCUT2D eigenvalue weighted by molar-refractivity contribution is -0.136. The molecule has 19 heavy (non-hydrogen) atoms. The van der Waals surface area contributed by atoms with Crippen molar-refractivity contribution < 1.29 is 4.79 Å². The molecule has 1 aromatic rings. The molecule has 0 saturated heterocycles. The molecular formula is C15H24N2OS. The SMILES string of the molecule is CC(N)CCCC(C)C(=O)N1CCc2sccc2C1. The van der Waals surface area contributed by atoms with Gasteiger partial charge in [0.1, 0.15) is 0 Å². The van der Waals surface area contributed by atoms with Crippen molar-refractivity contribution in [2.45, 2.75) is 52.1 Å². The van der Waals surface area contributed by atoms with Crippen LogP contribution in [0.3, 0.4) is 0 Å². The second-order valence-corrected chi connectivity index (χ2v) is 6.69. The van der Waals surface area contributed by atoms with Gasteiger partial charge < -0.3 is 10.6 Å². The van der Waals surface area contributed by atoms with Gasteiger partial charge >= 0.3 is 0 Å². The van der Waals surface area contributed by atoms with Crippen molar-refractivity contribution in [1.29, 1.82) is 0 Å². The summed E-state index contributed by atoms with van der Waals surface area (Å²) in [4.78, 5) is 15.9. The minimum absolute atomic E-state index is 0.124. The Kier molecular flexibility index (Phi) is 4.99. The molecule has 2 N–H and O–H groups in total. The van der Waals surface area contributed by atoms with Crippen LogP contribution in [0, 0.1) is 5.92 Å². The lowest BCUT2D eigenvalue weighted by Gasteiger charge is -2.29. The van der Waals surface area contributed by atoms with Gasteiger partial charge in [0.05, 0.1) is 0 Å². The number of hydrogen-bond acceptors (Lipinski definition) is 3. The van der Waals surface area contributed by atoms with Gasteiger partial charge in [-0.3, -0.25) is 4.79 Å². The first kappa shape index (κ1) is 14.5. The largest absolute Gasteiger partial charge is 0.338 e. The van der Waals surface area contributed by atoms with Crippen LogP contribution < -0.4 is 5.73 Å². The second-order valence-electron chi connectivity index (χ2n) is 5.69. The molecule has 4 heteroatoms. The Bertz CT molecular complexity index is 428. The molecule has 2 unspecified atom stereocenters. The molecule has 1 aliphatic heterocycles. The number of nitrogens with two attached hydrogens (primary N) is 1. The molecule has 1 amide bonds. The molecule has 1 aromatic heterocycles. The van der Waals surface area contributed by atoms with Crippen LogP contribution in [-0.2, 0) is 17.8 Å². The Labute approximate surface area is 119 Å². The molecule has 0 fully saturated rings. The molecule has 0 spiro atoms. The predicted molar refractivity (Wildman–Crippen MR) is 80.1 cm³/mol. The summed E-state index contributed by atoms with van der Waals surface area (Å²) in [6.45, 7) is 5.75. The maximum absolute atomic E-state index is 12.4. The van der Waals surface area contributed by atoms with Crippen molar-refractivity contribution >= 4 is 17.2 Å². The van der Waals surface area contributed by atoms with Crippen LogP contribution >= 0.6 is 11.3 Å². The van der Waals surface area contributed by atoms with E-state index in [0.717, 1.165) is 38.8 Å². The molecule has 2 atom stereocenters. The van der Waals surface area contributed by atoms with Crippen LogP contribution in [0.1, 0.15) is 43.6 Å². The number of hydrogen-bond donors (Lipinski definition) is 1. The van der Waals surface area contributed by atoms with Gasteiger partial charge in [-0.15, -0.1) is 11.3 Å². The van der Waals surface area contributed by atoms with Crippen LogP contribution in [0.4, 0.5) is 0 Å². The first-order valence-corrected chi connectivity index (χ1v) is 8.05. The van der Waals surface area contributed by atoms with Gasteiger partial charge in [-0.1, -0.05) is 13.3 Å². The van der Waals surface area contributed by atoms with Gasteiger partial charge in [0.2, 0.25) is 5.91 Å². The lowest BCUT2D eigenvalue weighted by Crippen LogP contribution is -2.38. The fourth-order valence-corrected chi connectivity index (χ4v) is 3.51. The van der Waals surface area contributed by atoms with E-state index in [-0.39, 0.29) is 12.0 Å². The average molecular weight is 280 g/mol. The minimum atomic E-state index is 0.124. The third kappa shape index (κ3) is 3.80. The van der Waals surface area contributed by atoms with Crippen molar-refractivity contribution in [3.63, 3.8) is 0 Å². The first-order valence-electron chi connectivity index (χ1n) is 7.17. The van der Waals surface area contributed by atoms with E-state index >= 15 is 0 Å². The van der Waals surface area contributed by atoms with Gasteiger partial charge in [0.25, 0.3) is 0 Å². The van der Waals surface area contributed by atoms with Crippen LogP contribution in [-0.4, -0.2) is 23.4 Å². The summed E-state index contributed by atoms with van der Waals surface area (Å²) in [5, 5.41) is 2.13. The summed E-state index contributed by atoms with van der Waals surface area (Å²) < 4.78 is 0. The van der Waals surface area contributed by atoms with E-state index in [4.69, 9.17) is 5.73 Å². The summed E-state index contributed by atoms with van der Waals surface area (Å²) in [6.07, 6.45) is 4.02. The normalized spacial score (nSPS) is 17.9. The van der Waals surface area contributed by atoms with Crippen molar-refractivity contribution in [3.8, 4) is 0 Å². The van der Waals surface area contributed by atoms with E-state index in [9.17, 15) is 4.79 Å². The average Bonchev–Trinajstić information content (AvgIpc) is 2.84. The highest BCUT2D eigenvalue weighted by molar-refractivity contribution is 7.10. The zero-order valence-electron chi connectivity index (χ0n) is 11.9. The smallest absolute Gasteiger partial charge is 0.225 e. The monoisotopic (exact) mass is 280 g/mol. The van der Waals surface area contributed by atoms with E-state index < -0.39 is 0 Å². The van der Waals surface area contributed by atoms with E-state index in [2.05, 4.69) is 11.4 Å². The van der Waals surface area contributed by atoms with Crippen LogP contribution in [0.15, 0.2) is 11.4 Å². The molecule has 2 rings (SSSR count). The van der Waals surface area contributed by atoms with Crippen molar-refractivity contribution in [3.05, 3.63) is 21.9 Å². The number of carbonyl (C=O) groups is 1. The first-order chi connectivity index (χ1) is 9.08. The molecule has 0 bridgehead atoms. The number of rotatable bonds is 5. The van der Waals surface area contributed by atoms with Crippen molar-refractivity contribution in [2.75, 3.05) is 6.54 Å². The Morgan fingerprint density at radius 2 is 2.26 bits per heavy atom. The maximum atomic E-state index is 12.4. The summed E-state index contributed by atoms with van der Waals surface area (Å²) in [5.41, 5.74) is 7.08. The lowest BCUT2D eigenvalue weighted by atomic mass is 9.99. The summed E-state index contributed by atoms with van der Waals surface area (Å²) in [7, 11) is 0. The van der Waals surface area contributed by atoms with Crippen LogP contribution in [0.2, 0.25) is 0 Å². The van der Waals surface area contributed by atoms with Gasteiger partial charge in [0.15, 0.2) is 0 Å². The van der Waals surface area contributed by atoms with Crippen LogP contribution in [0.25, 0.3) is 0 Å². The van der Waals surface area contributed by atoms with E-state index in [1.807, 2.05) is 30.1 Å². The fraction of sp³-hybridized carbons (Fsp3) is 0.667. The highest BCUT2D eigenvalue weighted by Crippen LogP contribution is 2.25. The topological polar surface area (TPSA) is 46.3 Å². The Hall–Kier alpha value is -0.870. The summed E-state index contributed by atoms with van der Waals surface area (Å²) in [6, 6.07) is 2.39.